The molecule has 0 unspecified atom stereocenters. The lowest BCUT2D eigenvalue weighted by Crippen LogP contribution is -2.27. The third-order valence-electron chi connectivity index (χ3n) is 2.76. The van der Waals surface area contributed by atoms with Crippen LogP contribution in [0.4, 0.5) is 18.9 Å². The number of nitrogens with one attached hydrogen (secondary N) is 1. The summed E-state index contributed by atoms with van der Waals surface area (Å²) in [6.45, 7) is 0. The smallest absolute Gasteiger partial charge is 0.381 e. The number of alkyl halides is 3. The molecule has 0 radical (unpaired) electrons. The van der Waals surface area contributed by atoms with Crippen molar-refractivity contribution in [3.8, 4) is 0 Å². The first kappa shape index (κ1) is 11.6. The predicted octanol–water partition coefficient (Wildman–Crippen LogP) is 4.32. The molecule has 1 aliphatic rings. The van der Waals surface area contributed by atoms with E-state index in [0.29, 0.717) is 10.7 Å². The summed E-state index contributed by atoms with van der Waals surface area (Å²) >= 11 is 5.84. The molecule has 1 nitrogen and oxygen atoms in total. The zero-order chi connectivity index (χ0) is 11.8. The molecule has 1 aromatic rings. The first-order valence-corrected chi connectivity index (χ1v) is 5.48. The molecule has 0 amide bonds. The van der Waals surface area contributed by atoms with Crippen LogP contribution in [0.2, 0.25) is 5.02 Å². The molecule has 88 valence electrons. The monoisotopic (exact) mass is 249 g/mol. The maximum atomic E-state index is 12.5. The third kappa shape index (κ3) is 2.43. The van der Waals surface area contributed by atoms with Crippen LogP contribution in [0, 0.1) is 0 Å². The van der Waals surface area contributed by atoms with E-state index in [-0.39, 0.29) is 6.04 Å². The summed E-state index contributed by atoms with van der Waals surface area (Å²) < 4.78 is 37.4. The molecule has 1 N–H and O–H groups in total. The van der Waals surface area contributed by atoms with Gasteiger partial charge in [-0.1, -0.05) is 11.6 Å². The highest BCUT2D eigenvalue weighted by Crippen LogP contribution is 2.35. The summed E-state index contributed by atoms with van der Waals surface area (Å²) in [5, 5.41) is 3.36. The van der Waals surface area contributed by atoms with Crippen molar-refractivity contribution in [3.05, 3.63) is 28.8 Å². The Hall–Kier alpha value is -0.900. The Labute approximate surface area is 96.6 Å². The number of rotatable bonds is 2. The van der Waals surface area contributed by atoms with Crippen molar-refractivity contribution in [2.24, 2.45) is 0 Å². The highest BCUT2D eigenvalue weighted by Gasteiger charge is 2.31. The zero-order valence-corrected chi connectivity index (χ0v) is 9.20. The second-order valence-corrected chi connectivity index (χ2v) is 4.37. The third-order valence-corrected chi connectivity index (χ3v) is 3.09. The Bertz CT molecular complexity index is 385. The lowest BCUT2D eigenvalue weighted by molar-refractivity contribution is -0.137. The van der Waals surface area contributed by atoms with Crippen LogP contribution in [-0.4, -0.2) is 6.04 Å². The number of hydrogen-bond donors (Lipinski definition) is 1. The molecule has 5 heteroatoms. The van der Waals surface area contributed by atoms with Crippen LogP contribution in [0.1, 0.15) is 24.8 Å². The van der Waals surface area contributed by atoms with E-state index in [4.69, 9.17) is 11.6 Å². The van der Waals surface area contributed by atoms with Crippen LogP contribution in [0.3, 0.4) is 0 Å². The van der Waals surface area contributed by atoms with E-state index in [9.17, 15) is 13.2 Å². The molecule has 0 saturated heterocycles. The Morgan fingerprint density at radius 1 is 1.25 bits per heavy atom. The lowest BCUT2D eigenvalue weighted by Gasteiger charge is -2.28. The van der Waals surface area contributed by atoms with E-state index in [0.717, 1.165) is 31.4 Å². The highest BCUT2D eigenvalue weighted by atomic mass is 35.5. The van der Waals surface area contributed by atoms with Crippen molar-refractivity contribution in [2.45, 2.75) is 31.5 Å². The topological polar surface area (TPSA) is 12.0 Å². The van der Waals surface area contributed by atoms with Gasteiger partial charge in [0.1, 0.15) is 0 Å². The minimum absolute atomic E-state index is 0.265. The van der Waals surface area contributed by atoms with Gasteiger partial charge in [-0.05, 0) is 37.5 Å². The number of hydrogen-bond acceptors (Lipinski definition) is 1. The maximum absolute atomic E-state index is 12.5. The highest BCUT2D eigenvalue weighted by molar-refractivity contribution is 6.33. The van der Waals surface area contributed by atoms with E-state index in [1.165, 1.54) is 6.07 Å². The van der Waals surface area contributed by atoms with Gasteiger partial charge in [-0.2, -0.15) is 13.2 Å². The standard InChI is InChI=1S/C11H11ClF3N/c12-9-5-4-7(11(13,14)15)6-10(9)16-8-2-1-3-8/h4-6,8,16H,1-3H2. The quantitative estimate of drug-likeness (QED) is 0.823. The molecular formula is C11H11ClF3N. The van der Waals surface area contributed by atoms with Crippen molar-refractivity contribution in [3.63, 3.8) is 0 Å². The van der Waals surface area contributed by atoms with Gasteiger partial charge in [0.25, 0.3) is 0 Å². The van der Waals surface area contributed by atoms with Gasteiger partial charge in [0.05, 0.1) is 16.3 Å². The van der Waals surface area contributed by atoms with Gasteiger partial charge in [-0.25, -0.2) is 0 Å². The Morgan fingerprint density at radius 3 is 2.44 bits per heavy atom. The molecule has 1 aromatic carbocycles. The van der Waals surface area contributed by atoms with E-state index in [1.807, 2.05) is 0 Å². The normalized spacial score (nSPS) is 17.0. The summed E-state index contributed by atoms with van der Waals surface area (Å²) in [6, 6.07) is 3.61. The Kier molecular flexibility index (Phi) is 3.02. The molecule has 1 aliphatic carbocycles. The van der Waals surface area contributed by atoms with Gasteiger partial charge in [0, 0.05) is 6.04 Å². The van der Waals surface area contributed by atoms with Gasteiger partial charge in [0.2, 0.25) is 0 Å². The first-order chi connectivity index (χ1) is 7.47. The molecule has 0 aromatic heterocycles. The average molecular weight is 250 g/mol. The van der Waals surface area contributed by atoms with E-state index < -0.39 is 11.7 Å². The number of anilines is 1. The van der Waals surface area contributed by atoms with Crippen LogP contribution in [0.15, 0.2) is 18.2 Å². The van der Waals surface area contributed by atoms with Crippen LogP contribution < -0.4 is 5.32 Å². The average Bonchev–Trinajstić information content (AvgIpc) is 2.11. The largest absolute Gasteiger partial charge is 0.416 e. The van der Waals surface area contributed by atoms with Crippen molar-refractivity contribution in [1.29, 1.82) is 0 Å². The van der Waals surface area contributed by atoms with Crippen molar-refractivity contribution < 1.29 is 13.2 Å². The van der Waals surface area contributed by atoms with Crippen molar-refractivity contribution in [1.82, 2.24) is 0 Å². The van der Waals surface area contributed by atoms with Gasteiger partial charge in [-0.3, -0.25) is 0 Å². The fourth-order valence-electron chi connectivity index (χ4n) is 1.58. The van der Waals surface area contributed by atoms with Crippen LogP contribution in [-0.2, 0) is 6.18 Å². The summed E-state index contributed by atoms with van der Waals surface area (Å²) in [5.41, 5.74) is -0.292. The number of benzene rings is 1. The van der Waals surface area contributed by atoms with E-state index in [1.54, 1.807) is 0 Å². The van der Waals surface area contributed by atoms with Gasteiger partial charge in [0.15, 0.2) is 0 Å². The Morgan fingerprint density at radius 2 is 1.94 bits per heavy atom. The molecule has 1 fully saturated rings. The maximum Gasteiger partial charge on any atom is 0.416 e. The molecule has 0 heterocycles. The van der Waals surface area contributed by atoms with Gasteiger partial charge < -0.3 is 5.32 Å². The second kappa shape index (κ2) is 4.17. The molecule has 0 bridgehead atoms. The fourth-order valence-corrected chi connectivity index (χ4v) is 1.76. The fraction of sp³-hybridized carbons (Fsp3) is 0.455. The predicted molar refractivity (Wildman–Crippen MR) is 57.7 cm³/mol. The van der Waals surface area contributed by atoms with Crippen molar-refractivity contribution in [2.75, 3.05) is 5.32 Å². The summed E-state index contributed by atoms with van der Waals surface area (Å²) in [6.07, 6.45) is -1.21. The summed E-state index contributed by atoms with van der Waals surface area (Å²) in [4.78, 5) is 0. The van der Waals surface area contributed by atoms with Crippen LogP contribution in [0.25, 0.3) is 0 Å². The molecule has 0 aliphatic heterocycles. The van der Waals surface area contributed by atoms with Crippen LogP contribution in [0.5, 0.6) is 0 Å². The second-order valence-electron chi connectivity index (χ2n) is 3.96. The van der Waals surface area contributed by atoms with Gasteiger partial charge >= 0.3 is 6.18 Å². The molecule has 2 rings (SSSR count). The lowest BCUT2D eigenvalue weighted by atomic mass is 9.93. The minimum Gasteiger partial charge on any atom is -0.381 e. The first-order valence-electron chi connectivity index (χ1n) is 5.10. The van der Waals surface area contributed by atoms with E-state index in [2.05, 4.69) is 5.32 Å². The SMILES string of the molecule is FC(F)(F)c1ccc(Cl)c(NC2CCC2)c1. The molecule has 0 spiro atoms. The van der Waals surface area contributed by atoms with Crippen molar-refractivity contribution >= 4 is 17.3 Å². The number of halogens is 4. The summed E-state index contributed by atoms with van der Waals surface area (Å²) in [5.74, 6) is 0. The minimum atomic E-state index is -4.32. The van der Waals surface area contributed by atoms with Gasteiger partial charge in [-0.15, -0.1) is 0 Å². The summed E-state index contributed by atoms with van der Waals surface area (Å²) in [7, 11) is 0. The molecule has 0 atom stereocenters. The van der Waals surface area contributed by atoms with Crippen LogP contribution >= 0.6 is 11.6 Å². The molecule has 1 saturated carbocycles. The Balaban J connectivity index is 2.21. The molecule has 16 heavy (non-hydrogen) atoms. The van der Waals surface area contributed by atoms with E-state index >= 15 is 0 Å². The molecular weight excluding hydrogens is 239 g/mol. The zero-order valence-electron chi connectivity index (χ0n) is 8.44.